The molecule has 4 nitrogen and oxygen atoms in total. The van der Waals surface area contributed by atoms with E-state index in [1.165, 1.54) is 0 Å². The fourth-order valence-corrected chi connectivity index (χ4v) is 2.09. The third-order valence-corrected chi connectivity index (χ3v) is 3.03. The molecule has 2 aromatic rings. The molecular weight excluding hydrogens is 252 g/mol. The van der Waals surface area contributed by atoms with Gasteiger partial charge in [-0.1, -0.05) is 17.3 Å². The average Bonchev–Trinajstić information content (AvgIpc) is 2.79. The number of carbonyl (C=O) groups excluding carboxylic acids is 1. The fraction of sp³-hybridized carbons (Fsp3) is 0.385. The van der Waals surface area contributed by atoms with Gasteiger partial charge in [0.25, 0.3) is 0 Å². The van der Waals surface area contributed by atoms with Gasteiger partial charge in [-0.2, -0.15) is 0 Å². The maximum Gasteiger partial charge on any atom is 0.228 e. The van der Waals surface area contributed by atoms with Crippen LogP contribution in [-0.2, 0) is 11.2 Å². The molecule has 96 valence electrons. The Labute approximate surface area is 110 Å². The van der Waals surface area contributed by atoms with Crippen LogP contribution in [0.2, 0.25) is 0 Å². The first-order valence-electron chi connectivity index (χ1n) is 5.93. The number of likely N-dealkylation sites (N-methyl/N-ethyl adjacent to an activating group) is 1. The molecule has 0 unspecified atom stereocenters. The fourth-order valence-electron chi connectivity index (χ4n) is 1.88. The first-order chi connectivity index (χ1) is 8.76. The van der Waals surface area contributed by atoms with Crippen molar-refractivity contribution in [2.75, 3.05) is 19.0 Å². The van der Waals surface area contributed by atoms with Crippen LogP contribution in [0.5, 0.6) is 0 Å². The Kier molecular flexibility index (Phi) is 4.20. The van der Waals surface area contributed by atoms with Crippen molar-refractivity contribution in [2.24, 2.45) is 0 Å². The lowest BCUT2D eigenvalue weighted by atomic mass is 10.1. The van der Waals surface area contributed by atoms with E-state index < -0.39 is 0 Å². The molecule has 0 saturated carbocycles. The van der Waals surface area contributed by atoms with Crippen molar-refractivity contribution in [2.45, 2.75) is 13.3 Å². The molecule has 18 heavy (non-hydrogen) atoms. The van der Waals surface area contributed by atoms with Crippen molar-refractivity contribution in [1.29, 1.82) is 0 Å². The minimum absolute atomic E-state index is 0.0252. The molecule has 0 radical (unpaired) electrons. The van der Waals surface area contributed by atoms with Crippen molar-refractivity contribution in [3.05, 3.63) is 30.0 Å². The maximum absolute atomic E-state index is 12.1. The Balaban J connectivity index is 2.16. The molecule has 1 amide bonds. The molecule has 0 saturated heterocycles. The van der Waals surface area contributed by atoms with E-state index in [2.05, 4.69) is 5.16 Å². The standard InChI is InChI=1S/C13H15ClN2O2/c1-2-16(8-7-14)13(17)9-11-10-5-3-4-6-12(10)18-15-11/h3-6H,2,7-9H2,1H3. The van der Waals surface area contributed by atoms with Gasteiger partial charge in [-0.15, -0.1) is 11.6 Å². The van der Waals surface area contributed by atoms with E-state index >= 15 is 0 Å². The van der Waals surface area contributed by atoms with Gasteiger partial charge in [0.05, 0.1) is 6.42 Å². The van der Waals surface area contributed by atoms with Gasteiger partial charge in [0.15, 0.2) is 5.58 Å². The number of rotatable bonds is 5. The van der Waals surface area contributed by atoms with Gasteiger partial charge in [0.1, 0.15) is 5.69 Å². The number of benzene rings is 1. The minimum atomic E-state index is 0.0252. The highest BCUT2D eigenvalue weighted by Crippen LogP contribution is 2.18. The highest BCUT2D eigenvalue weighted by molar-refractivity contribution is 6.18. The van der Waals surface area contributed by atoms with Crippen LogP contribution in [0.1, 0.15) is 12.6 Å². The maximum atomic E-state index is 12.1. The van der Waals surface area contributed by atoms with Crippen molar-refractivity contribution < 1.29 is 9.32 Å². The number of halogens is 1. The average molecular weight is 267 g/mol. The lowest BCUT2D eigenvalue weighted by Crippen LogP contribution is -2.33. The predicted molar refractivity (Wildman–Crippen MR) is 70.7 cm³/mol. The molecule has 1 aromatic carbocycles. The zero-order chi connectivity index (χ0) is 13.0. The molecule has 0 bridgehead atoms. The van der Waals surface area contributed by atoms with Gasteiger partial charge in [0, 0.05) is 24.4 Å². The third kappa shape index (κ3) is 2.64. The highest BCUT2D eigenvalue weighted by Gasteiger charge is 2.16. The van der Waals surface area contributed by atoms with Crippen molar-refractivity contribution >= 4 is 28.5 Å². The lowest BCUT2D eigenvalue weighted by Gasteiger charge is -2.18. The van der Waals surface area contributed by atoms with E-state index in [1.807, 2.05) is 31.2 Å². The van der Waals surface area contributed by atoms with Gasteiger partial charge in [0.2, 0.25) is 5.91 Å². The molecular formula is C13H15ClN2O2. The Morgan fingerprint density at radius 3 is 2.94 bits per heavy atom. The van der Waals surface area contributed by atoms with E-state index in [-0.39, 0.29) is 12.3 Å². The van der Waals surface area contributed by atoms with E-state index in [4.69, 9.17) is 16.1 Å². The van der Waals surface area contributed by atoms with E-state index in [0.29, 0.717) is 30.2 Å². The number of amides is 1. The molecule has 0 aliphatic carbocycles. The number of hydrogen-bond donors (Lipinski definition) is 0. The Morgan fingerprint density at radius 1 is 1.44 bits per heavy atom. The second-order valence-corrected chi connectivity index (χ2v) is 4.34. The molecule has 0 N–H and O–H groups in total. The van der Waals surface area contributed by atoms with Gasteiger partial charge >= 0.3 is 0 Å². The van der Waals surface area contributed by atoms with Gasteiger partial charge in [-0.05, 0) is 19.1 Å². The first kappa shape index (κ1) is 12.9. The summed E-state index contributed by atoms with van der Waals surface area (Å²) in [6, 6.07) is 7.54. The van der Waals surface area contributed by atoms with Gasteiger partial charge in [-0.3, -0.25) is 4.79 Å². The molecule has 0 fully saturated rings. The normalized spacial score (nSPS) is 10.8. The number of para-hydroxylation sites is 1. The smallest absolute Gasteiger partial charge is 0.228 e. The minimum Gasteiger partial charge on any atom is -0.356 e. The third-order valence-electron chi connectivity index (χ3n) is 2.86. The molecule has 2 rings (SSSR count). The number of nitrogens with zero attached hydrogens (tertiary/aromatic N) is 2. The number of aromatic nitrogens is 1. The molecule has 0 aliphatic heterocycles. The summed E-state index contributed by atoms with van der Waals surface area (Å²) in [6.45, 7) is 3.15. The highest BCUT2D eigenvalue weighted by atomic mass is 35.5. The second-order valence-electron chi connectivity index (χ2n) is 3.96. The van der Waals surface area contributed by atoms with E-state index in [1.54, 1.807) is 4.90 Å². The number of fused-ring (bicyclic) bond motifs is 1. The zero-order valence-corrected chi connectivity index (χ0v) is 11.0. The molecule has 0 aliphatic rings. The number of hydrogen-bond acceptors (Lipinski definition) is 3. The molecule has 1 heterocycles. The Bertz CT molecular complexity index is 539. The van der Waals surface area contributed by atoms with E-state index in [0.717, 1.165) is 5.39 Å². The molecule has 5 heteroatoms. The quantitative estimate of drug-likeness (QED) is 0.781. The molecule has 1 aromatic heterocycles. The zero-order valence-electron chi connectivity index (χ0n) is 10.2. The van der Waals surface area contributed by atoms with Crippen molar-refractivity contribution in [1.82, 2.24) is 10.1 Å². The summed E-state index contributed by atoms with van der Waals surface area (Å²) >= 11 is 5.67. The molecule has 0 spiro atoms. The lowest BCUT2D eigenvalue weighted by molar-refractivity contribution is -0.130. The van der Waals surface area contributed by atoms with Crippen molar-refractivity contribution in [3.8, 4) is 0 Å². The SMILES string of the molecule is CCN(CCCl)C(=O)Cc1noc2ccccc12. The first-order valence-corrected chi connectivity index (χ1v) is 6.46. The topological polar surface area (TPSA) is 46.3 Å². The van der Waals surface area contributed by atoms with Crippen LogP contribution in [0.25, 0.3) is 11.0 Å². The van der Waals surface area contributed by atoms with Crippen LogP contribution < -0.4 is 0 Å². The van der Waals surface area contributed by atoms with Crippen LogP contribution in [0.15, 0.2) is 28.8 Å². The van der Waals surface area contributed by atoms with Crippen LogP contribution >= 0.6 is 11.6 Å². The van der Waals surface area contributed by atoms with E-state index in [9.17, 15) is 4.79 Å². The largest absolute Gasteiger partial charge is 0.356 e. The monoisotopic (exact) mass is 266 g/mol. The summed E-state index contributed by atoms with van der Waals surface area (Å²) in [5, 5.41) is 4.85. The van der Waals surface area contributed by atoms with Gasteiger partial charge < -0.3 is 9.42 Å². The summed E-state index contributed by atoms with van der Waals surface area (Å²) in [7, 11) is 0. The van der Waals surface area contributed by atoms with Crippen LogP contribution in [0, 0.1) is 0 Å². The second kappa shape index (κ2) is 5.87. The van der Waals surface area contributed by atoms with Crippen LogP contribution in [0.3, 0.4) is 0 Å². The predicted octanol–water partition coefficient (Wildman–Crippen LogP) is 2.46. The number of carbonyl (C=O) groups is 1. The van der Waals surface area contributed by atoms with Gasteiger partial charge in [-0.25, -0.2) is 0 Å². The van der Waals surface area contributed by atoms with Crippen LogP contribution in [0.4, 0.5) is 0 Å². The Hall–Kier alpha value is -1.55. The molecule has 0 atom stereocenters. The summed E-state index contributed by atoms with van der Waals surface area (Å²) in [4.78, 5) is 13.8. The number of alkyl halides is 1. The summed E-state index contributed by atoms with van der Waals surface area (Å²) < 4.78 is 5.18. The summed E-state index contributed by atoms with van der Waals surface area (Å²) in [5.41, 5.74) is 1.39. The Morgan fingerprint density at radius 2 is 2.22 bits per heavy atom. The van der Waals surface area contributed by atoms with Crippen molar-refractivity contribution in [3.63, 3.8) is 0 Å². The van der Waals surface area contributed by atoms with Crippen LogP contribution in [-0.4, -0.2) is 34.9 Å². The summed E-state index contributed by atoms with van der Waals surface area (Å²) in [6.07, 6.45) is 0.252. The summed E-state index contributed by atoms with van der Waals surface area (Å²) in [5.74, 6) is 0.469.